The fraction of sp³-hybridized carbons (Fsp3) is 0.500. The number of pyridine rings is 1. The number of thioether (sulfide) groups is 1. The number of aliphatic hydroxyl groups excluding tert-OH is 1. The van der Waals surface area contributed by atoms with Crippen LogP contribution in [-0.4, -0.2) is 22.5 Å². The quantitative estimate of drug-likeness (QED) is 0.447. The van der Waals surface area contributed by atoms with Gasteiger partial charge in [-0.05, 0) is 30.7 Å². The van der Waals surface area contributed by atoms with Gasteiger partial charge in [0.25, 0.3) is 0 Å². The lowest BCUT2D eigenvalue weighted by Crippen LogP contribution is -1.86. The molecule has 0 unspecified atom stereocenters. The Hall–Kier alpha value is -0.320. The Morgan fingerprint density at radius 2 is 2.21 bits per heavy atom. The summed E-state index contributed by atoms with van der Waals surface area (Å²) in [4.78, 5) is 4.15. The summed E-state index contributed by atoms with van der Waals surface area (Å²) in [6.45, 7) is 0.302. The topological polar surface area (TPSA) is 36.0 Å². The SMILES string of the molecule is OCCCCCSc1ccc[nH]c1=S. The molecule has 0 amide bonds. The number of aromatic amines is 1. The van der Waals surface area contributed by atoms with Crippen LogP contribution in [0, 0.1) is 4.64 Å². The van der Waals surface area contributed by atoms with Gasteiger partial charge in [-0.2, -0.15) is 0 Å². The van der Waals surface area contributed by atoms with Crippen molar-refractivity contribution in [3.63, 3.8) is 0 Å². The van der Waals surface area contributed by atoms with Gasteiger partial charge >= 0.3 is 0 Å². The molecule has 0 radical (unpaired) electrons. The standard InChI is InChI=1S/C10H15NOS2/c12-7-2-1-3-8-14-9-5-4-6-11-10(9)13/h4-6,12H,1-3,7-8H2,(H,11,13). The van der Waals surface area contributed by atoms with Crippen molar-refractivity contribution in [2.75, 3.05) is 12.4 Å². The highest BCUT2D eigenvalue weighted by Crippen LogP contribution is 2.19. The fourth-order valence-corrected chi connectivity index (χ4v) is 2.34. The van der Waals surface area contributed by atoms with Gasteiger partial charge in [0.15, 0.2) is 0 Å². The number of hydrogen-bond donors (Lipinski definition) is 2. The molecule has 0 aliphatic carbocycles. The molecule has 0 aliphatic heterocycles. The highest BCUT2D eigenvalue weighted by molar-refractivity contribution is 7.99. The van der Waals surface area contributed by atoms with Crippen molar-refractivity contribution in [2.45, 2.75) is 24.2 Å². The average molecular weight is 229 g/mol. The summed E-state index contributed by atoms with van der Waals surface area (Å²) >= 11 is 6.92. The van der Waals surface area contributed by atoms with Gasteiger partial charge in [-0.25, -0.2) is 0 Å². The Kier molecular flexibility index (Phi) is 5.91. The molecule has 1 rings (SSSR count). The summed E-state index contributed by atoms with van der Waals surface area (Å²) in [7, 11) is 0. The average Bonchev–Trinajstić information content (AvgIpc) is 2.20. The Balaban J connectivity index is 2.25. The predicted molar refractivity (Wildman–Crippen MR) is 63.3 cm³/mol. The molecule has 1 aromatic rings. The minimum atomic E-state index is 0.302. The van der Waals surface area contributed by atoms with Crippen LogP contribution in [-0.2, 0) is 0 Å². The molecule has 0 bridgehead atoms. The zero-order valence-electron chi connectivity index (χ0n) is 8.03. The Bertz CT molecular complexity index is 311. The van der Waals surface area contributed by atoms with Crippen molar-refractivity contribution in [1.29, 1.82) is 0 Å². The van der Waals surface area contributed by atoms with E-state index >= 15 is 0 Å². The lowest BCUT2D eigenvalue weighted by Gasteiger charge is -2.00. The zero-order chi connectivity index (χ0) is 10.2. The molecular formula is C10H15NOS2. The fourth-order valence-electron chi connectivity index (χ4n) is 1.09. The number of aromatic nitrogens is 1. The van der Waals surface area contributed by atoms with E-state index in [2.05, 4.69) is 4.98 Å². The van der Waals surface area contributed by atoms with E-state index in [-0.39, 0.29) is 0 Å². The van der Waals surface area contributed by atoms with E-state index in [0.717, 1.165) is 34.6 Å². The Morgan fingerprint density at radius 1 is 1.36 bits per heavy atom. The van der Waals surface area contributed by atoms with Gasteiger partial charge in [-0.15, -0.1) is 11.8 Å². The normalized spacial score (nSPS) is 10.4. The third-order valence-corrected chi connectivity index (χ3v) is 3.45. The number of hydrogen-bond acceptors (Lipinski definition) is 3. The first-order valence-corrected chi connectivity index (χ1v) is 6.15. The first kappa shape index (κ1) is 11.8. The molecule has 1 heterocycles. The molecule has 0 saturated heterocycles. The maximum absolute atomic E-state index is 8.60. The van der Waals surface area contributed by atoms with E-state index < -0.39 is 0 Å². The molecule has 4 heteroatoms. The molecule has 14 heavy (non-hydrogen) atoms. The molecule has 0 aromatic carbocycles. The molecule has 0 saturated carbocycles. The van der Waals surface area contributed by atoms with Crippen LogP contribution in [0.25, 0.3) is 0 Å². The summed E-state index contributed by atoms with van der Waals surface area (Å²) in [6.07, 6.45) is 4.97. The van der Waals surface area contributed by atoms with E-state index in [1.807, 2.05) is 18.3 Å². The second-order valence-corrected chi connectivity index (χ2v) is 4.54. The molecule has 0 spiro atoms. The molecule has 2 N–H and O–H groups in total. The van der Waals surface area contributed by atoms with Crippen LogP contribution in [0.5, 0.6) is 0 Å². The molecule has 0 atom stereocenters. The van der Waals surface area contributed by atoms with E-state index in [9.17, 15) is 0 Å². The van der Waals surface area contributed by atoms with Gasteiger partial charge in [0.2, 0.25) is 0 Å². The van der Waals surface area contributed by atoms with Gasteiger partial charge in [-0.1, -0.05) is 18.6 Å². The van der Waals surface area contributed by atoms with Crippen LogP contribution in [0.1, 0.15) is 19.3 Å². The van der Waals surface area contributed by atoms with Crippen LogP contribution in [0.4, 0.5) is 0 Å². The monoisotopic (exact) mass is 229 g/mol. The van der Waals surface area contributed by atoms with Crippen molar-refractivity contribution in [3.05, 3.63) is 23.0 Å². The van der Waals surface area contributed by atoms with Crippen molar-refractivity contribution in [2.24, 2.45) is 0 Å². The lowest BCUT2D eigenvalue weighted by atomic mass is 10.3. The molecule has 78 valence electrons. The maximum atomic E-state index is 8.60. The number of rotatable bonds is 6. The lowest BCUT2D eigenvalue weighted by molar-refractivity contribution is 0.284. The van der Waals surface area contributed by atoms with E-state index in [1.165, 1.54) is 0 Å². The first-order valence-electron chi connectivity index (χ1n) is 4.76. The minimum Gasteiger partial charge on any atom is -0.396 e. The summed E-state index contributed by atoms with van der Waals surface area (Å²) in [6, 6.07) is 4.00. The van der Waals surface area contributed by atoms with Crippen molar-refractivity contribution in [3.8, 4) is 0 Å². The molecule has 0 fully saturated rings. The second kappa shape index (κ2) is 7.04. The highest BCUT2D eigenvalue weighted by Gasteiger charge is 1.95. The van der Waals surface area contributed by atoms with E-state index in [1.54, 1.807) is 11.8 Å². The van der Waals surface area contributed by atoms with Gasteiger partial charge in [0.05, 0.1) is 0 Å². The summed E-state index contributed by atoms with van der Waals surface area (Å²) in [5, 5.41) is 8.60. The maximum Gasteiger partial charge on any atom is 0.116 e. The predicted octanol–water partition coefficient (Wildman–Crippen LogP) is 3.00. The molecule has 2 nitrogen and oxygen atoms in total. The summed E-state index contributed by atoms with van der Waals surface area (Å²) in [5.74, 6) is 1.07. The molecule has 1 aromatic heterocycles. The Labute approximate surface area is 93.8 Å². The van der Waals surface area contributed by atoms with Gasteiger partial charge in [0, 0.05) is 17.7 Å². The van der Waals surface area contributed by atoms with Crippen LogP contribution in [0.3, 0.4) is 0 Å². The highest BCUT2D eigenvalue weighted by atomic mass is 32.2. The van der Waals surface area contributed by atoms with Gasteiger partial charge in [-0.3, -0.25) is 0 Å². The summed E-state index contributed by atoms with van der Waals surface area (Å²) < 4.78 is 0.819. The smallest absolute Gasteiger partial charge is 0.116 e. The van der Waals surface area contributed by atoms with Crippen LogP contribution >= 0.6 is 24.0 Å². The first-order chi connectivity index (χ1) is 6.84. The van der Waals surface area contributed by atoms with Crippen LogP contribution in [0.15, 0.2) is 23.2 Å². The molecular weight excluding hydrogens is 214 g/mol. The zero-order valence-corrected chi connectivity index (χ0v) is 9.66. The second-order valence-electron chi connectivity index (χ2n) is 3.00. The van der Waals surface area contributed by atoms with Crippen molar-refractivity contribution < 1.29 is 5.11 Å². The van der Waals surface area contributed by atoms with E-state index in [4.69, 9.17) is 17.3 Å². The van der Waals surface area contributed by atoms with Crippen LogP contribution in [0.2, 0.25) is 0 Å². The van der Waals surface area contributed by atoms with Gasteiger partial charge < -0.3 is 10.1 Å². The van der Waals surface area contributed by atoms with Gasteiger partial charge in [0.1, 0.15) is 4.64 Å². The number of unbranched alkanes of at least 4 members (excludes halogenated alkanes) is 2. The number of H-pyrrole nitrogens is 1. The number of nitrogens with one attached hydrogen (secondary N) is 1. The Morgan fingerprint density at radius 3 is 2.93 bits per heavy atom. The number of aliphatic hydroxyl groups is 1. The molecule has 0 aliphatic rings. The van der Waals surface area contributed by atoms with Crippen LogP contribution < -0.4 is 0 Å². The van der Waals surface area contributed by atoms with Crippen molar-refractivity contribution >= 4 is 24.0 Å². The summed E-state index contributed by atoms with van der Waals surface area (Å²) in [5.41, 5.74) is 0. The minimum absolute atomic E-state index is 0.302. The third kappa shape index (κ3) is 4.26. The largest absolute Gasteiger partial charge is 0.396 e. The third-order valence-electron chi connectivity index (χ3n) is 1.84. The van der Waals surface area contributed by atoms with E-state index in [0.29, 0.717) is 6.61 Å². The van der Waals surface area contributed by atoms with Crippen molar-refractivity contribution in [1.82, 2.24) is 4.98 Å².